The van der Waals surface area contributed by atoms with Gasteiger partial charge in [-0.05, 0) is 92.7 Å². The van der Waals surface area contributed by atoms with Gasteiger partial charge in [0.2, 0.25) is 0 Å². The molecule has 0 saturated carbocycles. The van der Waals surface area contributed by atoms with Crippen LogP contribution < -0.4 is 0 Å². The Balaban J connectivity index is 1.16. The number of hydrogen-bond acceptors (Lipinski definition) is 4. The van der Waals surface area contributed by atoms with Crippen LogP contribution in [0.1, 0.15) is 0 Å². The number of nitrogens with zero attached hydrogens (tertiary/aromatic N) is 2. The van der Waals surface area contributed by atoms with E-state index >= 15 is 0 Å². The maximum absolute atomic E-state index is 6.39. The molecule has 3 aromatic heterocycles. The largest absolute Gasteiger partial charge is 0.456 e. The van der Waals surface area contributed by atoms with Crippen molar-refractivity contribution in [2.75, 3.05) is 0 Å². The van der Waals surface area contributed by atoms with Crippen molar-refractivity contribution in [1.29, 1.82) is 0 Å². The lowest BCUT2D eigenvalue weighted by molar-refractivity contribution is 0.669. The molecule has 0 radical (unpaired) electrons. The molecule has 0 atom stereocenters. The van der Waals surface area contributed by atoms with E-state index in [2.05, 4.69) is 170 Å². The Bertz CT molecular complexity index is 3220. The Morgan fingerprint density at radius 1 is 0.370 bits per heavy atom. The summed E-state index contributed by atoms with van der Waals surface area (Å²) in [7, 11) is 0. The van der Waals surface area contributed by atoms with Gasteiger partial charge in [-0.2, -0.15) is 0 Å². The predicted molar refractivity (Wildman–Crippen MR) is 227 cm³/mol. The fourth-order valence-corrected chi connectivity index (χ4v) is 8.93. The van der Waals surface area contributed by atoms with Gasteiger partial charge >= 0.3 is 0 Å². The average Bonchev–Trinajstić information content (AvgIpc) is 3.81. The van der Waals surface area contributed by atoms with E-state index in [1.54, 1.807) is 11.3 Å². The summed E-state index contributed by atoms with van der Waals surface area (Å²) in [5.74, 6) is 0.689. The Hall–Kier alpha value is -6.88. The lowest BCUT2D eigenvalue weighted by Crippen LogP contribution is -1.95. The third-order valence-electron chi connectivity index (χ3n) is 10.5. The van der Waals surface area contributed by atoms with Crippen LogP contribution in [0.3, 0.4) is 0 Å². The smallest absolute Gasteiger partial charge is 0.160 e. The first kappa shape index (κ1) is 30.7. The molecule has 3 heterocycles. The third kappa shape index (κ3) is 5.19. The molecule has 0 saturated heterocycles. The minimum Gasteiger partial charge on any atom is -0.456 e. The van der Waals surface area contributed by atoms with Gasteiger partial charge in [0.25, 0.3) is 0 Å². The number of rotatable bonds is 5. The predicted octanol–water partition coefficient (Wildman–Crippen LogP) is 14.2. The van der Waals surface area contributed by atoms with Gasteiger partial charge in [0.1, 0.15) is 11.2 Å². The highest BCUT2D eigenvalue weighted by Crippen LogP contribution is 2.43. The zero-order valence-electron chi connectivity index (χ0n) is 29.0. The van der Waals surface area contributed by atoms with E-state index in [-0.39, 0.29) is 0 Å². The number of furan rings is 1. The Morgan fingerprint density at radius 2 is 0.981 bits per heavy atom. The first-order valence-corrected chi connectivity index (χ1v) is 18.9. The first-order valence-electron chi connectivity index (χ1n) is 18.1. The molecular formula is C50H30N2OS. The van der Waals surface area contributed by atoms with Crippen LogP contribution in [0.4, 0.5) is 0 Å². The molecule has 11 rings (SSSR count). The molecule has 0 N–H and O–H groups in total. The van der Waals surface area contributed by atoms with Crippen molar-refractivity contribution in [1.82, 2.24) is 9.97 Å². The lowest BCUT2D eigenvalue weighted by Gasteiger charge is -2.12. The summed E-state index contributed by atoms with van der Waals surface area (Å²) in [5, 5.41) is 5.77. The molecule has 0 aliphatic rings. The standard InChI is InChI=1S/C50H30N2OS/c1-3-11-31(12-4-1)36-21-24-43-46(30-36)54-49-47(37-22-23-42-41-17-9-10-18-44(41)53-45(42)29-37)51-50(52-48(43)49)40-27-38(32-13-5-2-6-14-32)26-39(28-40)35-20-19-33-15-7-8-16-34(33)25-35/h1-30H. The van der Waals surface area contributed by atoms with Crippen LogP contribution >= 0.6 is 11.3 Å². The van der Waals surface area contributed by atoms with Crippen LogP contribution in [0.5, 0.6) is 0 Å². The van der Waals surface area contributed by atoms with Crippen LogP contribution in [0.25, 0.3) is 109 Å². The minimum atomic E-state index is 0.689. The van der Waals surface area contributed by atoms with Crippen LogP contribution in [-0.4, -0.2) is 9.97 Å². The highest BCUT2D eigenvalue weighted by molar-refractivity contribution is 7.26. The zero-order valence-corrected chi connectivity index (χ0v) is 29.8. The molecule has 0 amide bonds. The summed E-state index contributed by atoms with van der Waals surface area (Å²) in [5.41, 5.74) is 12.5. The number of thiophene rings is 1. The van der Waals surface area contributed by atoms with Gasteiger partial charge in [0.05, 0.1) is 15.9 Å². The topological polar surface area (TPSA) is 38.9 Å². The molecular weight excluding hydrogens is 677 g/mol. The second kappa shape index (κ2) is 12.4. The fraction of sp³-hybridized carbons (Fsp3) is 0. The summed E-state index contributed by atoms with van der Waals surface area (Å²) >= 11 is 1.75. The monoisotopic (exact) mass is 706 g/mol. The van der Waals surface area contributed by atoms with Crippen LogP contribution in [0.15, 0.2) is 186 Å². The number of benzene rings is 8. The Morgan fingerprint density at radius 3 is 1.81 bits per heavy atom. The van der Waals surface area contributed by atoms with E-state index in [0.29, 0.717) is 5.82 Å². The SMILES string of the molecule is c1ccc(-c2cc(-c3ccc4ccccc4c3)cc(-c3nc(-c4ccc5c(c4)oc4ccccc45)c4sc5cc(-c6ccccc6)ccc5c4n3)c2)cc1. The van der Waals surface area contributed by atoms with E-state index < -0.39 is 0 Å². The van der Waals surface area contributed by atoms with Gasteiger partial charge in [-0.25, -0.2) is 9.97 Å². The second-order valence-electron chi connectivity index (χ2n) is 13.8. The van der Waals surface area contributed by atoms with Crippen molar-refractivity contribution >= 4 is 64.4 Å². The van der Waals surface area contributed by atoms with E-state index in [4.69, 9.17) is 14.4 Å². The summed E-state index contributed by atoms with van der Waals surface area (Å²) in [6.45, 7) is 0. The average molecular weight is 707 g/mol. The zero-order chi connectivity index (χ0) is 35.6. The maximum atomic E-state index is 6.39. The molecule has 3 nitrogen and oxygen atoms in total. The number of aromatic nitrogens is 2. The van der Waals surface area contributed by atoms with Crippen molar-refractivity contribution < 1.29 is 4.42 Å². The number of fused-ring (bicyclic) bond motifs is 7. The van der Waals surface area contributed by atoms with Gasteiger partial charge < -0.3 is 4.42 Å². The van der Waals surface area contributed by atoms with Crippen molar-refractivity contribution in [3.05, 3.63) is 182 Å². The Kier molecular flexibility index (Phi) is 7.04. The third-order valence-corrected chi connectivity index (χ3v) is 11.6. The molecule has 252 valence electrons. The van der Waals surface area contributed by atoms with Crippen LogP contribution in [-0.2, 0) is 0 Å². The molecule has 0 aliphatic heterocycles. The summed E-state index contributed by atoms with van der Waals surface area (Å²) in [6, 6.07) is 64.5. The van der Waals surface area contributed by atoms with Crippen molar-refractivity contribution in [2.24, 2.45) is 0 Å². The molecule has 4 heteroatoms. The van der Waals surface area contributed by atoms with Gasteiger partial charge in [-0.15, -0.1) is 11.3 Å². The van der Waals surface area contributed by atoms with Gasteiger partial charge in [0.15, 0.2) is 5.82 Å². The van der Waals surface area contributed by atoms with E-state index in [1.807, 2.05) is 12.1 Å². The highest BCUT2D eigenvalue weighted by atomic mass is 32.1. The molecule has 0 bridgehead atoms. The van der Waals surface area contributed by atoms with E-state index in [0.717, 1.165) is 76.6 Å². The molecule has 11 aromatic rings. The molecule has 8 aromatic carbocycles. The minimum absolute atomic E-state index is 0.689. The first-order chi connectivity index (χ1) is 26.7. The van der Waals surface area contributed by atoms with Gasteiger partial charge in [0, 0.05) is 32.0 Å². The van der Waals surface area contributed by atoms with Gasteiger partial charge in [-0.3, -0.25) is 0 Å². The number of para-hydroxylation sites is 1. The van der Waals surface area contributed by atoms with Crippen LogP contribution in [0, 0.1) is 0 Å². The van der Waals surface area contributed by atoms with Crippen molar-refractivity contribution in [3.8, 4) is 56.0 Å². The molecule has 0 unspecified atom stereocenters. The number of hydrogen-bond donors (Lipinski definition) is 0. The Labute approximate surface area is 315 Å². The quantitative estimate of drug-likeness (QED) is 0.179. The molecule has 0 aliphatic carbocycles. The fourth-order valence-electron chi connectivity index (χ4n) is 7.74. The maximum Gasteiger partial charge on any atom is 0.160 e. The highest BCUT2D eigenvalue weighted by Gasteiger charge is 2.20. The van der Waals surface area contributed by atoms with Crippen LogP contribution in [0.2, 0.25) is 0 Å². The molecule has 0 spiro atoms. The van der Waals surface area contributed by atoms with Crippen molar-refractivity contribution in [3.63, 3.8) is 0 Å². The second-order valence-corrected chi connectivity index (χ2v) is 14.8. The summed E-state index contributed by atoms with van der Waals surface area (Å²) < 4.78 is 8.62. The molecule has 54 heavy (non-hydrogen) atoms. The lowest BCUT2D eigenvalue weighted by atomic mass is 9.94. The van der Waals surface area contributed by atoms with E-state index in [1.165, 1.54) is 26.6 Å². The van der Waals surface area contributed by atoms with Crippen molar-refractivity contribution in [2.45, 2.75) is 0 Å². The normalized spacial score (nSPS) is 11.7. The van der Waals surface area contributed by atoms with Gasteiger partial charge in [-0.1, -0.05) is 133 Å². The van der Waals surface area contributed by atoms with E-state index in [9.17, 15) is 0 Å². The summed E-state index contributed by atoms with van der Waals surface area (Å²) in [6.07, 6.45) is 0. The molecule has 0 fully saturated rings. The summed E-state index contributed by atoms with van der Waals surface area (Å²) in [4.78, 5) is 10.9.